The number of aromatic nitrogens is 1. The van der Waals surface area contributed by atoms with Crippen LogP contribution in [0.5, 0.6) is 0 Å². The molecule has 2 atom stereocenters. The van der Waals surface area contributed by atoms with Crippen molar-refractivity contribution >= 4 is 28.2 Å². The molecule has 0 unspecified atom stereocenters. The van der Waals surface area contributed by atoms with Crippen molar-refractivity contribution in [2.24, 2.45) is 11.7 Å². The number of carboxylic acids is 1. The van der Waals surface area contributed by atoms with Crippen molar-refractivity contribution in [2.75, 3.05) is 23.7 Å². The molecule has 1 aromatic carbocycles. The van der Waals surface area contributed by atoms with Crippen LogP contribution in [0.15, 0.2) is 11.0 Å². The number of aromatic carboxylic acids is 1. The highest BCUT2D eigenvalue weighted by molar-refractivity contribution is 5.99. The highest BCUT2D eigenvalue weighted by atomic mass is 19.1. The SMILES string of the molecule is C[C@H](N)[C@H]1CCN(c2c(F)c(N)c3c(=O)c(C(=O)O)cn(C4CC4)c3c2F)C1. The number of benzene rings is 1. The lowest BCUT2D eigenvalue weighted by atomic mass is 10.0. The van der Waals surface area contributed by atoms with Gasteiger partial charge < -0.3 is 26.0 Å². The number of hydrogen-bond donors (Lipinski definition) is 3. The molecule has 7 nitrogen and oxygen atoms in total. The third-order valence-corrected chi connectivity index (χ3v) is 5.82. The third-order valence-electron chi connectivity index (χ3n) is 5.82. The highest BCUT2D eigenvalue weighted by Gasteiger charge is 2.35. The van der Waals surface area contributed by atoms with E-state index in [2.05, 4.69) is 0 Å². The maximum atomic E-state index is 15.6. The molecule has 1 aliphatic carbocycles. The summed E-state index contributed by atoms with van der Waals surface area (Å²) in [5, 5.41) is 8.92. The van der Waals surface area contributed by atoms with Gasteiger partial charge in [0.05, 0.1) is 16.6 Å². The number of nitrogens with two attached hydrogens (primary N) is 2. The van der Waals surface area contributed by atoms with Crippen LogP contribution >= 0.6 is 0 Å². The molecule has 2 aliphatic rings. The van der Waals surface area contributed by atoms with Crippen LogP contribution in [0.3, 0.4) is 0 Å². The van der Waals surface area contributed by atoms with Gasteiger partial charge in [-0.05, 0) is 32.1 Å². The second-order valence-corrected chi connectivity index (χ2v) is 7.78. The molecule has 0 radical (unpaired) electrons. The van der Waals surface area contributed by atoms with Crippen molar-refractivity contribution in [3.8, 4) is 0 Å². The lowest BCUT2D eigenvalue weighted by Gasteiger charge is -2.24. The van der Waals surface area contributed by atoms with E-state index >= 15 is 8.78 Å². The molecule has 150 valence electrons. The number of carboxylic acid groups (broad SMARTS) is 1. The molecule has 28 heavy (non-hydrogen) atoms. The zero-order valence-electron chi connectivity index (χ0n) is 15.4. The molecule has 1 saturated heterocycles. The summed E-state index contributed by atoms with van der Waals surface area (Å²) in [5.41, 5.74) is 9.40. The lowest BCUT2D eigenvalue weighted by molar-refractivity contribution is 0.0695. The van der Waals surface area contributed by atoms with E-state index < -0.39 is 39.7 Å². The Balaban J connectivity index is 2.00. The average molecular weight is 392 g/mol. The predicted octanol–water partition coefficient (Wildman–Crippen LogP) is 2.07. The second-order valence-electron chi connectivity index (χ2n) is 7.78. The molecule has 2 fully saturated rings. The van der Waals surface area contributed by atoms with E-state index in [1.165, 1.54) is 4.57 Å². The van der Waals surface area contributed by atoms with Gasteiger partial charge in [-0.2, -0.15) is 0 Å². The summed E-state index contributed by atoms with van der Waals surface area (Å²) in [6.07, 6.45) is 3.28. The van der Waals surface area contributed by atoms with Gasteiger partial charge in [0.2, 0.25) is 5.43 Å². The maximum Gasteiger partial charge on any atom is 0.341 e. The number of nitrogens with zero attached hydrogens (tertiary/aromatic N) is 2. The first-order valence-electron chi connectivity index (χ1n) is 9.31. The molecule has 1 aliphatic heterocycles. The van der Waals surface area contributed by atoms with Gasteiger partial charge in [-0.1, -0.05) is 0 Å². The summed E-state index contributed by atoms with van der Waals surface area (Å²) >= 11 is 0. The van der Waals surface area contributed by atoms with Gasteiger partial charge in [-0.3, -0.25) is 4.79 Å². The minimum Gasteiger partial charge on any atom is -0.477 e. The summed E-state index contributed by atoms with van der Waals surface area (Å²) < 4.78 is 32.1. The number of pyridine rings is 1. The normalized spacial score (nSPS) is 20.7. The molecule has 0 bridgehead atoms. The van der Waals surface area contributed by atoms with Crippen LogP contribution in [0.4, 0.5) is 20.2 Å². The Morgan fingerprint density at radius 1 is 1.29 bits per heavy atom. The Hall–Kier alpha value is -2.68. The van der Waals surface area contributed by atoms with E-state index in [9.17, 15) is 14.7 Å². The van der Waals surface area contributed by atoms with Crippen molar-refractivity contribution < 1.29 is 18.7 Å². The lowest BCUT2D eigenvalue weighted by Crippen LogP contribution is -2.31. The van der Waals surface area contributed by atoms with Crippen LogP contribution in [0.2, 0.25) is 0 Å². The number of anilines is 2. The van der Waals surface area contributed by atoms with Gasteiger partial charge in [-0.15, -0.1) is 0 Å². The van der Waals surface area contributed by atoms with E-state index in [4.69, 9.17) is 11.5 Å². The Morgan fingerprint density at radius 2 is 1.96 bits per heavy atom. The standard InChI is InChI=1S/C19H22F2N4O3/c1-8(22)9-4-5-24(6-9)17-13(20)15(23)12-16(14(17)21)25(10-2-3-10)7-11(18(12)26)19(27)28/h7-10H,2-6,22-23H2,1H3,(H,27,28)/t8-,9-/m0/s1. The zero-order valence-corrected chi connectivity index (χ0v) is 15.4. The Labute approximate surface area is 159 Å². The Bertz CT molecular complexity index is 1050. The predicted molar refractivity (Wildman–Crippen MR) is 102 cm³/mol. The third kappa shape index (κ3) is 2.72. The molecule has 1 aromatic heterocycles. The van der Waals surface area contributed by atoms with Crippen molar-refractivity contribution in [1.29, 1.82) is 0 Å². The molecular weight excluding hydrogens is 370 g/mol. The van der Waals surface area contributed by atoms with E-state index in [-0.39, 0.29) is 29.2 Å². The number of fused-ring (bicyclic) bond motifs is 1. The molecule has 2 heterocycles. The van der Waals surface area contributed by atoms with Crippen LogP contribution in [0.1, 0.15) is 42.6 Å². The average Bonchev–Trinajstić information content (AvgIpc) is 3.36. The van der Waals surface area contributed by atoms with Gasteiger partial charge in [0.15, 0.2) is 11.6 Å². The van der Waals surface area contributed by atoms with E-state index in [1.54, 1.807) is 4.90 Å². The molecule has 2 aromatic rings. The zero-order chi connectivity index (χ0) is 20.3. The summed E-state index contributed by atoms with van der Waals surface area (Å²) in [4.78, 5) is 25.7. The fraction of sp³-hybridized carbons (Fsp3) is 0.474. The minimum atomic E-state index is -1.45. The summed E-state index contributed by atoms with van der Waals surface area (Å²) in [5.74, 6) is -3.27. The number of carbonyl (C=O) groups is 1. The minimum absolute atomic E-state index is 0.0933. The smallest absolute Gasteiger partial charge is 0.341 e. The Kier molecular flexibility index (Phi) is 4.29. The number of rotatable bonds is 4. The number of hydrogen-bond acceptors (Lipinski definition) is 5. The van der Waals surface area contributed by atoms with Crippen LogP contribution in [0, 0.1) is 17.6 Å². The van der Waals surface area contributed by atoms with E-state index in [0.29, 0.717) is 19.5 Å². The topological polar surface area (TPSA) is 115 Å². The summed E-state index contributed by atoms with van der Waals surface area (Å²) in [6, 6.07) is -0.250. The fourth-order valence-electron chi connectivity index (χ4n) is 4.04. The van der Waals surface area contributed by atoms with Gasteiger partial charge in [-0.25, -0.2) is 13.6 Å². The molecule has 1 saturated carbocycles. The quantitative estimate of drug-likeness (QED) is 0.687. The van der Waals surface area contributed by atoms with Gasteiger partial charge in [0.1, 0.15) is 11.3 Å². The molecule has 5 N–H and O–H groups in total. The van der Waals surface area contributed by atoms with Crippen molar-refractivity contribution in [2.45, 2.75) is 38.3 Å². The molecule has 0 amide bonds. The van der Waals surface area contributed by atoms with E-state index in [1.807, 2.05) is 6.92 Å². The van der Waals surface area contributed by atoms with Crippen molar-refractivity contribution in [1.82, 2.24) is 4.57 Å². The molecular formula is C19H22F2N4O3. The second kappa shape index (κ2) is 6.44. The van der Waals surface area contributed by atoms with Crippen LogP contribution in [0.25, 0.3) is 10.9 Å². The summed E-state index contributed by atoms with van der Waals surface area (Å²) in [6.45, 7) is 2.66. The van der Waals surface area contributed by atoms with Crippen LogP contribution in [-0.2, 0) is 0 Å². The summed E-state index contributed by atoms with van der Waals surface area (Å²) in [7, 11) is 0. The molecule has 0 spiro atoms. The number of nitrogen functional groups attached to an aromatic ring is 1. The van der Waals surface area contributed by atoms with Crippen LogP contribution < -0.4 is 21.8 Å². The Morgan fingerprint density at radius 3 is 2.50 bits per heavy atom. The fourth-order valence-corrected chi connectivity index (χ4v) is 4.04. The highest BCUT2D eigenvalue weighted by Crippen LogP contribution is 2.42. The first-order chi connectivity index (χ1) is 13.2. The largest absolute Gasteiger partial charge is 0.477 e. The molecule has 9 heteroatoms. The van der Waals surface area contributed by atoms with Crippen molar-refractivity contribution in [3.05, 3.63) is 33.6 Å². The van der Waals surface area contributed by atoms with Crippen LogP contribution in [-0.4, -0.2) is 34.8 Å². The van der Waals surface area contributed by atoms with Crippen molar-refractivity contribution in [3.63, 3.8) is 0 Å². The maximum absolute atomic E-state index is 15.6. The number of halogens is 2. The monoisotopic (exact) mass is 392 g/mol. The first-order valence-corrected chi connectivity index (χ1v) is 9.31. The van der Waals surface area contributed by atoms with E-state index in [0.717, 1.165) is 19.0 Å². The van der Waals surface area contributed by atoms with Gasteiger partial charge in [0.25, 0.3) is 0 Å². The molecule has 4 rings (SSSR count). The van der Waals surface area contributed by atoms with Gasteiger partial charge >= 0.3 is 5.97 Å². The van der Waals surface area contributed by atoms with Gasteiger partial charge in [0, 0.05) is 31.4 Å². The first kappa shape index (κ1) is 18.7.